The van der Waals surface area contributed by atoms with Gasteiger partial charge in [0.2, 0.25) is 0 Å². The van der Waals surface area contributed by atoms with E-state index >= 15 is 0 Å². The van der Waals surface area contributed by atoms with Crippen LogP contribution in [0.15, 0.2) is 0 Å². The summed E-state index contributed by atoms with van der Waals surface area (Å²) >= 11 is 0. The highest BCUT2D eigenvalue weighted by molar-refractivity contribution is 7.64. The third kappa shape index (κ3) is 2.57. The highest BCUT2D eigenvalue weighted by Gasteiger charge is 2.44. The average molecular weight is 221 g/mol. The van der Waals surface area contributed by atoms with Crippen molar-refractivity contribution in [1.29, 1.82) is 0 Å². The van der Waals surface area contributed by atoms with E-state index in [2.05, 4.69) is 39.5 Å². The zero-order valence-electron chi connectivity index (χ0n) is 9.95. The third-order valence-electron chi connectivity index (χ3n) is 3.52. The van der Waals surface area contributed by atoms with E-state index in [1.165, 1.54) is 32.1 Å². The predicted molar refractivity (Wildman–Crippen MR) is 69.4 cm³/mol. The van der Waals surface area contributed by atoms with Gasteiger partial charge in [0, 0.05) is 5.66 Å². The number of rotatable bonds is 5. The average Bonchev–Trinajstić information content (AvgIpc) is 2.69. The first kappa shape index (κ1) is 11.9. The second-order valence-corrected chi connectivity index (χ2v) is 7.46. The second-order valence-electron chi connectivity index (χ2n) is 4.67. The molecule has 1 heteroatoms. The monoisotopic (exact) mass is 221 g/mol. The summed E-state index contributed by atoms with van der Waals surface area (Å²) in [6, 6.07) is 0. The summed E-state index contributed by atoms with van der Waals surface area (Å²) in [7, 11) is 0.206. The van der Waals surface area contributed by atoms with Gasteiger partial charge in [-0.15, -0.1) is 0 Å². The van der Waals surface area contributed by atoms with Gasteiger partial charge in [-0.3, -0.25) is 0 Å². The number of hydrogen-bond acceptors (Lipinski definition) is 0. The molecular formula is C14H22P. The molecule has 0 aromatic carbocycles. The molecule has 0 N–H and O–H groups in total. The first-order valence-electron chi connectivity index (χ1n) is 6.36. The molecule has 15 heavy (non-hydrogen) atoms. The quantitative estimate of drug-likeness (QED) is 0.596. The highest BCUT2D eigenvalue weighted by atomic mass is 31.1. The summed E-state index contributed by atoms with van der Waals surface area (Å²) < 4.78 is 0. The lowest BCUT2D eigenvalue weighted by Gasteiger charge is -2.49. The minimum atomic E-state index is 0.206. The van der Waals surface area contributed by atoms with Gasteiger partial charge in [0.25, 0.3) is 0 Å². The Morgan fingerprint density at radius 1 is 1.07 bits per heavy atom. The van der Waals surface area contributed by atoms with Crippen LogP contribution in [0.3, 0.4) is 0 Å². The van der Waals surface area contributed by atoms with Gasteiger partial charge in [-0.05, 0) is 56.3 Å². The Balaban J connectivity index is 1.88. The van der Waals surface area contributed by atoms with Crippen LogP contribution in [0.1, 0.15) is 46.0 Å². The van der Waals surface area contributed by atoms with Gasteiger partial charge in [0.05, 0.1) is 0 Å². The largest absolute Gasteiger partial charge is 0.0924 e. The van der Waals surface area contributed by atoms with Crippen molar-refractivity contribution in [1.82, 2.24) is 0 Å². The van der Waals surface area contributed by atoms with Crippen molar-refractivity contribution in [3.05, 3.63) is 31.3 Å². The van der Waals surface area contributed by atoms with Crippen molar-refractivity contribution < 1.29 is 0 Å². The van der Waals surface area contributed by atoms with Gasteiger partial charge in [-0.25, -0.2) is 0 Å². The van der Waals surface area contributed by atoms with E-state index in [0.29, 0.717) is 0 Å². The first-order valence-corrected chi connectivity index (χ1v) is 7.84. The maximum Gasteiger partial charge on any atom is 0.00803 e. The molecule has 0 aromatic heterocycles. The van der Waals surface area contributed by atoms with E-state index < -0.39 is 0 Å². The second kappa shape index (κ2) is 5.67. The fourth-order valence-corrected chi connectivity index (χ4v) is 6.44. The zero-order chi connectivity index (χ0) is 10.7. The molecule has 2 aliphatic rings. The first-order chi connectivity index (χ1) is 7.36. The van der Waals surface area contributed by atoms with Gasteiger partial charge >= 0.3 is 0 Å². The number of hydrogen-bond donors (Lipinski definition) is 0. The molecular weight excluding hydrogens is 199 g/mol. The van der Waals surface area contributed by atoms with Crippen molar-refractivity contribution >= 4 is 7.92 Å². The smallest absolute Gasteiger partial charge is 0.00803 e. The van der Waals surface area contributed by atoms with Crippen LogP contribution < -0.4 is 0 Å². The van der Waals surface area contributed by atoms with E-state index in [9.17, 15) is 0 Å². The molecule has 0 aromatic rings. The van der Waals surface area contributed by atoms with Crippen molar-refractivity contribution in [3.63, 3.8) is 0 Å². The maximum absolute atomic E-state index is 2.36. The van der Waals surface area contributed by atoms with E-state index in [0.717, 1.165) is 11.3 Å². The lowest BCUT2D eigenvalue weighted by atomic mass is 10.1. The summed E-state index contributed by atoms with van der Waals surface area (Å²) in [5, 5.41) is 0. The van der Waals surface area contributed by atoms with E-state index in [4.69, 9.17) is 0 Å². The Morgan fingerprint density at radius 2 is 1.60 bits per heavy atom. The predicted octanol–water partition coefficient (Wildman–Crippen LogP) is 4.57. The fraction of sp³-hybridized carbons (Fsp3) is 0.643. The Bertz CT molecular complexity index is 172. The van der Waals surface area contributed by atoms with Crippen molar-refractivity contribution in [2.45, 2.75) is 57.3 Å². The van der Waals surface area contributed by atoms with Gasteiger partial charge in [-0.2, -0.15) is 0 Å². The van der Waals surface area contributed by atoms with Crippen LogP contribution in [0.25, 0.3) is 0 Å². The van der Waals surface area contributed by atoms with Crippen molar-refractivity contribution in [2.24, 2.45) is 0 Å². The maximum atomic E-state index is 2.36. The molecule has 2 fully saturated rings. The van der Waals surface area contributed by atoms with Crippen molar-refractivity contribution in [3.8, 4) is 0 Å². The highest BCUT2D eigenvalue weighted by Crippen LogP contribution is 2.70. The topological polar surface area (TPSA) is 0 Å². The van der Waals surface area contributed by atoms with Crippen LogP contribution in [0, 0.1) is 31.3 Å². The van der Waals surface area contributed by atoms with Crippen LogP contribution in [0.4, 0.5) is 0 Å². The Labute approximate surface area is 97.0 Å². The van der Waals surface area contributed by atoms with Gasteiger partial charge in [-0.1, -0.05) is 34.6 Å². The zero-order valence-corrected chi connectivity index (χ0v) is 10.8. The summed E-state index contributed by atoms with van der Waals surface area (Å²) in [5.74, 6) is 0. The molecule has 0 unspecified atom stereocenters. The SMILES string of the molecule is CCC[C@@H]1C[C@@H](CCC)P1[C]1[CH][CH][CH][CH]1. The molecule has 1 aliphatic carbocycles. The molecule has 0 nitrogen and oxygen atoms in total. The van der Waals surface area contributed by atoms with Crippen LogP contribution >= 0.6 is 7.92 Å². The lowest BCUT2D eigenvalue weighted by molar-refractivity contribution is 0.559. The molecule has 1 saturated heterocycles. The summed E-state index contributed by atoms with van der Waals surface area (Å²) in [5.41, 5.74) is 3.76. The molecule has 1 aliphatic heterocycles. The summed E-state index contributed by atoms with van der Waals surface area (Å²) in [6.45, 7) is 4.65. The molecule has 0 bridgehead atoms. The fourth-order valence-electron chi connectivity index (χ4n) is 2.84. The minimum absolute atomic E-state index is 0.206. The molecule has 1 saturated carbocycles. The molecule has 1 heterocycles. The molecule has 0 amide bonds. The third-order valence-corrected chi connectivity index (χ3v) is 6.92. The Hall–Kier alpha value is 0.430. The summed E-state index contributed by atoms with van der Waals surface area (Å²) in [4.78, 5) is 0. The van der Waals surface area contributed by atoms with Gasteiger partial charge in [0.15, 0.2) is 0 Å². The molecule has 83 valence electrons. The normalized spacial score (nSPS) is 33.2. The van der Waals surface area contributed by atoms with Crippen LogP contribution in [0.2, 0.25) is 0 Å². The lowest BCUT2D eigenvalue weighted by Crippen LogP contribution is -2.32. The minimum Gasteiger partial charge on any atom is -0.0924 e. The molecule has 2 rings (SSSR count). The molecule has 2 atom stereocenters. The van der Waals surface area contributed by atoms with Crippen LogP contribution in [-0.4, -0.2) is 11.3 Å². The Morgan fingerprint density at radius 3 is 2.07 bits per heavy atom. The van der Waals surface area contributed by atoms with Crippen LogP contribution in [0.5, 0.6) is 0 Å². The molecule has 5 radical (unpaired) electrons. The van der Waals surface area contributed by atoms with E-state index in [1.807, 2.05) is 0 Å². The van der Waals surface area contributed by atoms with Gasteiger partial charge < -0.3 is 0 Å². The van der Waals surface area contributed by atoms with Crippen molar-refractivity contribution in [2.75, 3.05) is 0 Å². The van der Waals surface area contributed by atoms with E-state index in [1.54, 1.807) is 5.66 Å². The standard InChI is InChI=1S/C14H22P/c1-3-7-13-11-14(8-4-2)15(13)12-9-5-6-10-12/h5-6,9-10,13-14H,3-4,7-8,11H2,1-2H3/t13-,14-/m1/s1. The van der Waals surface area contributed by atoms with Gasteiger partial charge in [0.1, 0.15) is 0 Å². The van der Waals surface area contributed by atoms with E-state index in [-0.39, 0.29) is 7.92 Å². The summed E-state index contributed by atoms with van der Waals surface area (Å²) in [6.07, 6.45) is 16.3. The molecule has 0 spiro atoms. The Kier molecular flexibility index (Phi) is 4.50. The van der Waals surface area contributed by atoms with Crippen LogP contribution in [-0.2, 0) is 0 Å².